The fourth-order valence-electron chi connectivity index (χ4n) is 2.74. The third-order valence-corrected chi connectivity index (χ3v) is 3.54. The number of hydrogen-bond acceptors (Lipinski definition) is 3. The summed E-state index contributed by atoms with van der Waals surface area (Å²) in [5.74, 6) is 0. The lowest BCUT2D eigenvalue weighted by Crippen LogP contribution is -2.36. The molecule has 2 rings (SSSR count). The largest absolute Gasteiger partial charge is 0.399 e. The predicted octanol–water partition coefficient (Wildman–Crippen LogP) is 2.83. The maximum absolute atomic E-state index is 5.75. The van der Waals surface area contributed by atoms with Crippen LogP contribution in [0.2, 0.25) is 0 Å². The van der Waals surface area contributed by atoms with Crippen molar-refractivity contribution in [3.05, 3.63) is 24.3 Å². The summed E-state index contributed by atoms with van der Waals surface area (Å²) in [6, 6.07) is 8.25. The van der Waals surface area contributed by atoms with E-state index in [-0.39, 0.29) is 0 Å². The summed E-state index contributed by atoms with van der Waals surface area (Å²) in [5, 5.41) is 0. The number of nitrogens with zero attached hydrogens (tertiary/aromatic N) is 2. The van der Waals surface area contributed by atoms with Gasteiger partial charge in [-0.15, -0.1) is 0 Å². The van der Waals surface area contributed by atoms with Gasteiger partial charge in [0.15, 0.2) is 0 Å². The Morgan fingerprint density at radius 2 is 1.68 bits per heavy atom. The van der Waals surface area contributed by atoms with Crippen molar-refractivity contribution in [3.63, 3.8) is 0 Å². The Kier molecular flexibility index (Phi) is 4.35. The van der Waals surface area contributed by atoms with Crippen molar-refractivity contribution in [3.8, 4) is 0 Å². The molecule has 0 amide bonds. The fraction of sp³-hybridized carbons (Fsp3) is 0.625. The zero-order chi connectivity index (χ0) is 13.9. The summed E-state index contributed by atoms with van der Waals surface area (Å²) >= 11 is 0. The Hall–Kier alpha value is -1.22. The summed E-state index contributed by atoms with van der Waals surface area (Å²) in [6.45, 7) is 12.7. The molecule has 0 unspecified atom stereocenters. The highest BCUT2D eigenvalue weighted by Crippen LogP contribution is 2.20. The maximum atomic E-state index is 5.75. The molecule has 1 fully saturated rings. The molecule has 1 aromatic rings. The molecular formula is C16H27N3. The zero-order valence-electron chi connectivity index (χ0n) is 12.5. The van der Waals surface area contributed by atoms with Gasteiger partial charge in [-0.1, -0.05) is 20.8 Å². The van der Waals surface area contributed by atoms with Gasteiger partial charge in [0.25, 0.3) is 0 Å². The highest BCUT2D eigenvalue weighted by atomic mass is 15.2. The standard InChI is InChI=1S/C16H27N3/c1-16(2,3)13-18-9-4-10-19(12-11-18)15-7-5-14(17)6-8-15/h5-8H,4,9-13,17H2,1-3H3. The molecule has 19 heavy (non-hydrogen) atoms. The van der Waals surface area contributed by atoms with Crippen molar-refractivity contribution in [2.45, 2.75) is 27.2 Å². The molecule has 1 heterocycles. The summed E-state index contributed by atoms with van der Waals surface area (Å²) in [6.07, 6.45) is 1.24. The van der Waals surface area contributed by atoms with Gasteiger partial charge in [0.05, 0.1) is 0 Å². The van der Waals surface area contributed by atoms with Gasteiger partial charge in [0.2, 0.25) is 0 Å². The molecule has 0 aliphatic carbocycles. The van der Waals surface area contributed by atoms with Crippen LogP contribution in [-0.4, -0.2) is 37.6 Å². The number of nitrogens with two attached hydrogens (primary N) is 1. The molecule has 0 saturated carbocycles. The van der Waals surface area contributed by atoms with Gasteiger partial charge < -0.3 is 15.5 Å². The topological polar surface area (TPSA) is 32.5 Å². The summed E-state index contributed by atoms with van der Waals surface area (Å²) in [7, 11) is 0. The third kappa shape index (κ3) is 4.43. The van der Waals surface area contributed by atoms with Crippen LogP contribution in [0.1, 0.15) is 27.2 Å². The number of rotatable bonds is 2. The lowest BCUT2D eigenvalue weighted by atomic mass is 9.96. The molecule has 106 valence electrons. The predicted molar refractivity (Wildman–Crippen MR) is 83.6 cm³/mol. The van der Waals surface area contributed by atoms with E-state index < -0.39 is 0 Å². The van der Waals surface area contributed by atoms with E-state index in [2.05, 4.69) is 42.7 Å². The van der Waals surface area contributed by atoms with Crippen LogP contribution in [0.5, 0.6) is 0 Å². The van der Waals surface area contributed by atoms with Crippen LogP contribution in [0.15, 0.2) is 24.3 Å². The second-order valence-corrected chi connectivity index (χ2v) is 6.77. The van der Waals surface area contributed by atoms with Crippen molar-refractivity contribution in [1.29, 1.82) is 0 Å². The van der Waals surface area contributed by atoms with Gasteiger partial charge in [0, 0.05) is 37.6 Å². The lowest BCUT2D eigenvalue weighted by Gasteiger charge is -2.29. The van der Waals surface area contributed by atoms with Gasteiger partial charge >= 0.3 is 0 Å². The molecule has 0 atom stereocenters. The average molecular weight is 261 g/mol. The van der Waals surface area contributed by atoms with E-state index in [9.17, 15) is 0 Å². The van der Waals surface area contributed by atoms with E-state index >= 15 is 0 Å². The van der Waals surface area contributed by atoms with Crippen LogP contribution in [0.4, 0.5) is 11.4 Å². The fourth-order valence-corrected chi connectivity index (χ4v) is 2.74. The van der Waals surface area contributed by atoms with Gasteiger partial charge in [-0.05, 0) is 42.6 Å². The van der Waals surface area contributed by atoms with Gasteiger partial charge in [0.1, 0.15) is 0 Å². The van der Waals surface area contributed by atoms with Crippen LogP contribution in [0, 0.1) is 5.41 Å². The van der Waals surface area contributed by atoms with E-state index in [0.29, 0.717) is 5.41 Å². The Morgan fingerprint density at radius 1 is 1.00 bits per heavy atom. The van der Waals surface area contributed by atoms with Crippen LogP contribution in [0.25, 0.3) is 0 Å². The Bertz CT molecular complexity index is 391. The first-order valence-corrected chi connectivity index (χ1v) is 7.27. The molecule has 1 aliphatic heterocycles. The van der Waals surface area contributed by atoms with Crippen LogP contribution in [-0.2, 0) is 0 Å². The Labute approximate surface area is 117 Å². The molecule has 1 saturated heterocycles. The quantitative estimate of drug-likeness (QED) is 0.831. The highest BCUT2D eigenvalue weighted by Gasteiger charge is 2.19. The molecule has 3 nitrogen and oxygen atoms in total. The maximum Gasteiger partial charge on any atom is 0.0368 e. The minimum absolute atomic E-state index is 0.385. The molecule has 2 N–H and O–H groups in total. The van der Waals surface area contributed by atoms with E-state index in [4.69, 9.17) is 5.73 Å². The first kappa shape index (κ1) is 14.2. The molecule has 1 aliphatic rings. The van der Waals surface area contributed by atoms with Crippen LogP contribution < -0.4 is 10.6 Å². The summed E-state index contributed by atoms with van der Waals surface area (Å²) < 4.78 is 0. The average Bonchev–Trinajstić information content (AvgIpc) is 2.54. The van der Waals surface area contributed by atoms with Crippen molar-refractivity contribution < 1.29 is 0 Å². The molecule has 0 bridgehead atoms. The molecule has 1 aromatic carbocycles. The number of hydrogen-bond donors (Lipinski definition) is 1. The van der Waals surface area contributed by atoms with E-state index in [1.807, 2.05) is 12.1 Å². The van der Waals surface area contributed by atoms with Crippen LogP contribution >= 0.6 is 0 Å². The van der Waals surface area contributed by atoms with Crippen molar-refractivity contribution in [2.75, 3.05) is 43.4 Å². The third-order valence-electron chi connectivity index (χ3n) is 3.54. The molecule has 0 aromatic heterocycles. The van der Waals surface area contributed by atoms with E-state index in [1.54, 1.807) is 0 Å². The Morgan fingerprint density at radius 3 is 2.32 bits per heavy atom. The second-order valence-electron chi connectivity index (χ2n) is 6.77. The van der Waals surface area contributed by atoms with E-state index in [0.717, 1.165) is 25.3 Å². The monoisotopic (exact) mass is 261 g/mol. The normalized spacial score (nSPS) is 18.4. The highest BCUT2D eigenvalue weighted by molar-refractivity contribution is 5.53. The second kappa shape index (κ2) is 5.83. The van der Waals surface area contributed by atoms with Crippen LogP contribution in [0.3, 0.4) is 0 Å². The van der Waals surface area contributed by atoms with Gasteiger partial charge in [-0.3, -0.25) is 0 Å². The van der Waals surface area contributed by atoms with Gasteiger partial charge in [-0.2, -0.15) is 0 Å². The minimum Gasteiger partial charge on any atom is -0.399 e. The molecule has 3 heteroatoms. The number of benzene rings is 1. The summed E-state index contributed by atoms with van der Waals surface area (Å²) in [5.41, 5.74) is 8.28. The number of nitrogen functional groups attached to an aromatic ring is 1. The van der Waals surface area contributed by atoms with Crippen molar-refractivity contribution in [1.82, 2.24) is 4.90 Å². The van der Waals surface area contributed by atoms with Gasteiger partial charge in [-0.25, -0.2) is 0 Å². The number of anilines is 2. The smallest absolute Gasteiger partial charge is 0.0368 e. The molecular weight excluding hydrogens is 234 g/mol. The Balaban J connectivity index is 1.95. The SMILES string of the molecule is CC(C)(C)CN1CCCN(c2ccc(N)cc2)CC1. The first-order valence-electron chi connectivity index (χ1n) is 7.27. The molecule has 0 spiro atoms. The summed E-state index contributed by atoms with van der Waals surface area (Å²) in [4.78, 5) is 5.07. The minimum atomic E-state index is 0.385. The van der Waals surface area contributed by atoms with Crippen molar-refractivity contribution in [2.24, 2.45) is 5.41 Å². The lowest BCUT2D eigenvalue weighted by molar-refractivity contribution is 0.202. The first-order chi connectivity index (χ1) is 8.94. The zero-order valence-corrected chi connectivity index (χ0v) is 12.5. The molecule has 0 radical (unpaired) electrons. The van der Waals surface area contributed by atoms with Crippen molar-refractivity contribution >= 4 is 11.4 Å². The van der Waals surface area contributed by atoms with E-state index in [1.165, 1.54) is 25.2 Å².